The van der Waals surface area contributed by atoms with Gasteiger partial charge in [-0.15, -0.1) is 23.1 Å². The van der Waals surface area contributed by atoms with Gasteiger partial charge in [-0.3, -0.25) is 4.79 Å². The lowest BCUT2D eigenvalue weighted by molar-refractivity contribution is 0.0960. The maximum Gasteiger partial charge on any atom is 0.261 e. The SMILES string of the molecule is O=C(NCCSc1ccccc1)c1cccs1. The molecule has 2 aromatic rings. The van der Waals surface area contributed by atoms with Crippen molar-refractivity contribution in [3.8, 4) is 0 Å². The van der Waals surface area contributed by atoms with E-state index in [2.05, 4.69) is 17.4 Å². The zero-order chi connectivity index (χ0) is 11.9. The van der Waals surface area contributed by atoms with Gasteiger partial charge >= 0.3 is 0 Å². The van der Waals surface area contributed by atoms with Crippen molar-refractivity contribution in [2.75, 3.05) is 12.3 Å². The molecule has 0 spiro atoms. The number of thiophene rings is 1. The van der Waals surface area contributed by atoms with Gasteiger partial charge in [0.15, 0.2) is 0 Å². The first-order chi connectivity index (χ1) is 8.36. The summed E-state index contributed by atoms with van der Waals surface area (Å²) in [5.41, 5.74) is 0. The van der Waals surface area contributed by atoms with Gasteiger partial charge in [0.2, 0.25) is 0 Å². The lowest BCUT2D eigenvalue weighted by Crippen LogP contribution is -2.24. The van der Waals surface area contributed by atoms with Gasteiger partial charge < -0.3 is 5.32 Å². The molecule has 1 aromatic heterocycles. The molecule has 0 unspecified atom stereocenters. The summed E-state index contributed by atoms with van der Waals surface area (Å²) in [6.45, 7) is 0.691. The van der Waals surface area contributed by atoms with Crippen LogP contribution in [0.3, 0.4) is 0 Å². The van der Waals surface area contributed by atoms with Crippen LogP contribution in [0.1, 0.15) is 9.67 Å². The predicted octanol–water partition coefficient (Wildman–Crippen LogP) is 3.27. The number of hydrogen-bond donors (Lipinski definition) is 1. The predicted molar refractivity (Wildman–Crippen MR) is 73.8 cm³/mol. The van der Waals surface area contributed by atoms with Crippen molar-refractivity contribution in [3.63, 3.8) is 0 Å². The van der Waals surface area contributed by atoms with Gasteiger partial charge in [-0.05, 0) is 23.6 Å². The van der Waals surface area contributed by atoms with E-state index in [0.29, 0.717) is 6.54 Å². The Labute approximate surface area is 109 Å². The summed E-state index contributed by atoms with van der Waals surface area (Å²) >= 11 is 3.21. The van der Waals surface area contributed by atoms with E-state index >= 15 is 0 Å². The Morgan fingerprint density at radius 3 is 2.71 bits per heavy atom. The second kappa shape index (κ2) is 6.47. The number of carbonyl (C=O) groups is 1. The van der Waals surface area contributed by atoms with E-state index in [1.165, 1.54) is 16.2 Å². The Hall–Kier alpha value is -1.26. The Kier molecular flexibility index (Phi) is 4.64. The normalized spacial score (nSPS) is 10.1. The Morgan fingerprint density at radius 1 is 1.18 bits per heavy atom. The molecule has 4 heteroatoms. The third-order valence-electron chi connectivity index (χ3n) is 2.14. The maximum absolute atomic E-state index is 11.6. The molecule has 0 saturated carbocycles. The Bertz CT molecular complexity index is 454. The van der Waals surface area contributed by atoms with Gasteiger partial charge in [0, 0.05) is 17.2 Å². The summed E-state index contributed by atoms with van der Waals surface area (Å²) in [6, 6.07) is 13.9. The second-order valence-corrected chi connectivity index (χ2v) is 5.51. The third-order valence-corrected chi connectivity index (χ3v) is 4.03. The molecule has 1 aromatic carbocycles. The van der Waals surface area contributed by atoms with Gasteiger partial charge in [-0.1, -0.05) is 24.3 Å². The fraction of sp³-hybridized carbons (Fsp3) is 0.154. The summed E-state index contributed by atoms with van der Waals surface area (Å²) in [5, 5.41) is 4.82. The van der Waals surface area contributed by atoms with E-state index in [4.69, 9.17) is 0 Å². The van der Waals surface area contributed by atoms with Gasteiger partial charge in [0.05, 0.1) is 4.88 Å². The van der Waals surface area contributed by atoms with Gasteiger partial charge in [-0.2, -0.15) is 0 Å². The maximum atomic E-state index is 11.6. The highest BCUT2D eigenvalue weighted by Gasteiger charge is 2.04. The molecule has 2 nitrogen and oxygen atoms in total. The molecule has 1 N–H and O–H groups in total. The minimum Gasteiger partial charge on any atom is -0.350 e. The molecule has 0 fully saturated rings. The summed E-state index contributed by atoms with van der Waals surface area (Å²) in [4.78, 5) is 13.6. The molecule has 0 saturated heterocycles. The standard InChI is InChI=1S/C13H13NOS2/c15-13(12-7-4-9-17-12)14-8-10-16-11-5-2-1-3-6-11/h1-7,9H,8,10H2,(H,14,15). The fourth-order valence-corrected chi connectivity index (χ4v) is 2.77. The van der Waals surface area contributed by atoms with E-state index < -0.39 is 0 Å². The smallest absolute Gasteiger partial charge is 0.261 e. The van der Waals surface area contributed by atoms with Gasteiger partial charge in [0.1, 0.15) is 0 Å². The molecule has 0 bridgehead atoms. The van der Waals surface area contributed by atoms with Crippen molar-refractivity contribution in [1.82, 2.24) is 5.32 Å². The van der Waals surface area contributed by atoms with E-state index in [9.17, 15) is 4.79 Å². The molecular weight excluding hydrogens is 250 g/mol. The monoisotopic (exact) mass is 263 g/mol. The second-order valence-electron chi connectivity index (χ2n) is 3.39. The van der Waals surface area contributed by atoms with Crippen LogP contribution in [0.2, 0.25) is 0 Å². The highest BCUT2D eigenvalue weighted by molar-refractivity contribution is 7.99. The van der Waals surface area contributed by atoms with Crippen LogP contribution in [-0.2, 0) is 0 Å². The van der Waals surface area contributed by atoms with Crippen molar-refractivity contribution in [2.45, 2.75) is 4.90 Å². The molecule has 88 valence electrons. The topological polar surface area (TPSA) is 29.1 Å². The van der Waals surface area contributed by atoms with E-state index in [1.54, 1.807) is 11.8 Å². The van der Waals surface area contributed by atoms with Crippen LogP contribution in [0.15, 0.2) is 52.7 Å². The average molecular weight is 263 g/mol. The van der Waals surface area contributed by atoms with Crippen molar-refractivity contribution in [1.29, 1.82) is 0 Å². The molecule has 2 rings (SSSR count). The number of carbonyl (C=O) groups excluding carboxylic acids is 1. The van der Waals surface area contributed by atoms with Crippen LogP contribution in [0.5, 0.6) is 0 Å². The first-order valence-electron chi connectivity index (χ1n) is 5.36. The number of amides is 1. The Balaban J connectivity index is 1.69. The zero-order valence-electron chi connectivity index (χ0n) is 9.26. The minimum absolute atomic E-state index is 0.0219. The van der Waals surface area contributed by atoms with E-state index in [0.717, 1.165) is 10.6 Å². The van der Waals surface area contributed by atoms with E-state index in [-0.39, 0.29) is 5.91 Å². The van der Waals surface area contributed by atoms with Crippen LogP contribution in [0.4, 0.5) is 0 Å². The zero-order valence-corrected chi connectivity index (χ0v) is 10.9. The highest BCUT2D eigenvalue weighted by atomic mass is 32.2. The molecule has 0 atom stereocenters. The summed E-state index contributed by atoms with van der Waals surface area (Å²) in [7, 11) is 0. The lowest BCUT2D eigenvalue weighted by Gasteiger charge is -2.03. The molecule has 1 heterocycles. The van der Waals surface area contributed by atoms with Crippen LogP contribution in [0.25, 0.3) is 0 Å². The van der Waals surface area contributed by atoms with Crippen LogP contribution < -0.4 is 5.32 Å². The van der Waals surface area contributed by atoms with Crippen molar-refractivity contribution in [2.24, 2.45) is 0 Å². The quantitative estimate of drug-likeness (QED) is 0.662. The van der Waals surface area contributed by atoms with Crippen molar-refractivity contribution in [3.05, 3.63) is 52.7 Å². The molecule has 0 aliphatic rings. The largest absolute Gasteiger partial charge is 0.350 e. The summed E-state index contributed by atoms with van der Waals surface area (Å²) < 4.78 is 0. The number of rotatable bonds is 5. The van der Waals surface area contributed by atoms with Crippen LogP contribution in [-0.4, -0.2) is 18.2 Å². The number of thioether (sulfide) groups is 1. The van der Waals surface area contributed by atoms with Crippen molar-refractivity contribution >= 4 is 29.0 Å². The van der Waals surface area contributed by atoms with Gasteiger partial charge in [-0.25, -0.2) is 0 Å². The molecule has 1 amide bonds. The Morgan fingerprint density at radius 2 is 2.00 bits per heavy atom. The molecular formula is C13H13NOS2. The van der Waals surface area contributed by atoms with Crippen molar-refractivity contribution < 1.29 is 4.79 Å². The number of benzene rings is 1. The van der Waals surface area contributed by atoms with Crippen LogP contribution in [0, 0.1) is 0 Å². The lowest BCUT2D eigenvalue weighted by atomic mass is 10.4. The van der Waals surface area contributed by atoms with E-state index in [1.807, 2.05) is 35.7 Å². The molecule has 17 heavy (non-hydrogen) atoms. The fourth-order valence-electron chi connectivity index (χ4n) is 1.35. The highest BCUT2D eigenvalue weighted by Crippen LogP contribution is 2.16. The molecule has 0 aliphatic heterocycles. The number of nitrogens with one attached hydrogen (secondary N) is 1. The first-order valence-corrected chi connectivity index (χ1v) is 7.22. The van der Waals surface area contributed by atoms with Crippen LogP contribution >= 0.6 is 23.1 Å². The molecule has 0 radical (unpaired) electrons. The average Bonchev–Trinajstić information content (AvgIpc) is 2.89. The number of hydrogen-bond acceptors (Lipinski definition) is 3. The third kappa shape index (κ3) is 3.91. The first kappa shape index (κ1) is 12.2. The summed E-state index contributed by atoms with van der Waals surface area (Å²) in [5.74, 6) is 0.912. The molecule has 0 aliphatic carbocycles. The van der Waals surface area contributed by atoms with Gasteiger partial charge in [0.25, 0.3) is 5.91 Å². The minimum atomic E-state index is 0.0219. The summed E-state index contributed by atoms with van der Waals surface area (Å²) in [6.07, 6.45) is 0.